The van der Waals surface area contributed by atoms with Gasteiger partial charge in [-0.1, -0.05) is 23.5 Å². The van der Waals surface area contributed by atoms with Crippen molar-refractivity contribution in [2.24, 2.45) is 4.99 Å². The minimum absolute atomic E-state index is 0.174. The molecular weight excluding hydrogens is 404 g/mol. The Morgan fingerprint density at radius 3 is 2.57 bits per heavy atom. The zero-order valence-electron chi connectivity index (χ0n) is 17.2. The highest BCUT2D eigenvalue weighted by atomic mass is 32.1. The quantitative estimate of drug-likeness (QED) is 0.449. The van der Waals surface area contributed by atoms with Gasteiger partial charge < -0.3 is 23.2 Å². The van der Waals surface area contributed by atoms with Gasteiger partial charge in [0, 0.05) is 24.1 Å². The molecule has 30 heavy (non-hydrogen) atoms. The third kappa shape index (κ3) is 3.43. The van der Waals surface area contributed by atoms with E-state index in [2.05, 4.69) is 4.99 Å². The number of benzene rings is 2. The highest BCUT2D eigenvalue weighted by Gasteiger charge is 2.16. The molecule has 8 heteroatoms. The summed E-state index contributed by atoms with van der Waals surface area (Å²) < 4.78 is 25.1. The fourth-order valence-electron chi connectivity index (χ4n) is 3.34. The Kier molecular flexibility index (Phi) is 5.50. The lowest BCUT2D eigenvalue weighted by molar-refractivity contribution is 0.0973. The van der Waals surface area contributed by atoms with E-state index in [1.165, 1.54) is 11.3 Å². The second-order valence-electron chi connectivity index (χ2n) is 6.44. The first-order valence-corrected chi connectivity index (χ1v) is 10.4. The first kappa shape index (κ1) is 20.0. The SMILES string of the molecule is CCOc1cccc2cc(C(=O)N=c3sc4cc(OC)c(OC)cc4n3CC)oc12. The highest BCUT2D eigenvalue weighted by molar-refractivity contribution is 7.16. The van der Waals surface area contributed by atoms with Crippen LogP contribution in [0.4, 0.5) is 0 Å². The van der Waals surface area contributed by atoms with E-state index in [1.54, 1.807) is 20.3 Å². The smallest absolute Gasteiger partial charge is 0.315 e. The van der Waals surface area contributed by atoms with Gasteiger partial charge >= 0.3 is 5.91 Å². The van der Waals surface area contributed by atoms with Crippen LogP contribution < -0.4 is 19.0 Å². The van der Waals surface area contributed by atoms with Crippen LogP contribution in [0, 0.1) is 0 Å². The average Bonchev–Trinajstić information content (AvgIpc) is 3.34. The fourth-order valence-corrected chi connectivity index (χ4v) is 4.44. The molecule has 0 fully saturated rings. The minimum Gasteiger partial charge on any atom is -0.493 e. The third-order valence-corrected chi connectivity index (χ3v) is 5.76. The van der Waals surface area contributed by atoms with Crippen molar-refractivity contribution in [1.29, 1.82) is 0 Å². The number of thiazole rings is 1. The van der Waals surface area contributed by atoms with Crippen LogP contribution in [-0.2, 0) is 6.54 Å². The highest BCUT2D eigenvalue weighted by Crippen LogP contribution is 2.33. The molecule has 0 unspecified atom stereocenters. The maximum Gasteiger partial charge on any atom is 0.315 e. The van der Waals surface area contributed by atoms with Gasteiger partial charge in [0.05, 0.1) is 31.0 Å². The molecule has 4 aromatic rings. The molecule has 4 rings (SSSR count). The van der Waals surface area contributed by atoms with Gasteiger partial charge in [0.25, 0.3) is 0 Å². The van der Waals surface area contributed by atoms with Crippen molar-refractivity contribution in [1.82, 2.24) is 4.57 Å². The Hall–Kier alpha value is -3.26. The van der Waals surface area contributed by atoms with Gasteiger partial charge in [-0.3, -0.25) is 4.79 Å². The molecule has 0 aliphatic rings. The van der Waals surface area contributed by atoms with Gasteiger partial charge in [-0.25, -0.2) is 0 Å². The van der Waals surface area contributed by atoms with Crippen LogP contribution in [0.3, 0.4) is 0 Å². The van der Waals surface area contributed by atoms with E-state index >= 15 is 0 Å². The van der Waals surface area contributed by atoms with Crippen molar-refractivity contribution in [2.75, 3.05) is 20.8 Å². The summed E-state index contributed by atoms with van der Waals surface area (Å²) in [5, 5.41) is 0.800. The molecule has 1 amide bonds. The van der Waals surface area contributed by atoms with Gasteiger partial charge in [-0.15, -0.1) is 0 Å². The summed E-state index contributed by atoms with van der Waals surface area (Å²) in [4.78, 5) is 17.8. The first-order valence-electron chi connectivity index (χ1n) is 9.59. The van der Waals surface area contributed by atoms with Gasteiger partial charge in [0.1, 0.15) is 0 Å². The Balaban J connectivity index is 1.81. The van der Waals surface area contributed by atoms with Crippen LogP contribution >= 0.6 is 11.3 Å². The number of carbonyl (C=O) groups is 1. The van der Waals surface area contributed by atoms with E-state index in [-0.39, 0.29) is 5.76 Å². The second kappa shape index (κ2) is 8.23. The molecule has 2 aromatic heterocycles. The lowest BCUT2D eigenvalue weighted by Gasteiger charge is -2.08. The van der Waals surface area contributed by atoms with E-state index in [0.717, 1.165) is 15.6 Å². The Labute approximate surface area is 177 Å². The molecule has 0 saturated heterocycles. The number of rotatable bonds is 6. The van der Waals surface area contributed by atoms with Crippen molar-refractivity contribution in [3.8, 4) is 17.2 Å². The number of methoxy groups -OCH3 is 2. The standard InChI is InChI=1S/C22H22N2O5S/c1-5-24-14-11-16(26-3)17(27-4)12-19(14)30-22(24)23-21(25)18-10-13-8-7-9-15(28-6-2)20(13)29-18/h7-12H,5-6H2,1-4H3. The summed E-state index contributed by atoms with van der Waals surface area (Å²) in [6.07, 6.45) is 0. The number of amides is 1. The molecule has 0 N–H and O–H groups in total. The molecule has 0 atom stereocenters. The summed E-state index contributed by atoms with van der Waals surface area (Å²) in [5.41, 5.74) is 1.47. The van der Waals surface area contributed by atoms with Gasteiger partial charge in [0.2, 0.25) is 0 Å². The van der Waals surface area contributed by atoms with Crippen LogP contribution in [0.2, 0.25) is 0 Å². The van der Waals surface area contributed by atoms with E-state index in [0.29, 0.717) is 40.8 Å². The number of furan rings is 1. The van der Waals surface area contributed by atoms with E-state index in [9.17, 15) is 4.79 Å². The van der Waals surface area contributed by atoms with Crippen LogP contribution in [0.25, 0.3) is 21.2 Å². The summed E-state index contributed by atoms with van der Waals surface area (Å²) in [7, 11) is 3.19. The number of hydrogen-bond donors (Lipinski definition) is 0. The summed E-state index contributed by atoms with van der Waals surface area (Å²) in [6.45, 7) is 5.06. The number of hydrogen-bond acceptors (Lipinski definition) is 6. The molecule has 7 nitrogen and oxygen atoms in total. The van der Waals surface area contributed by atoms with E-state index < -0.39 is 5.91 Å². The lowest BCUT2D eigenvalue weighted by Crippen LogP contribution is -2.15. The van der Waals surface area contributed by atoms with Crippen molar-refractivity contribution in [2.45, 2.75) is 20.4 Å². The van der Waals surface area contributed by atoms with Crippen LogP contribution in [-0.4, -0.2) is 31.3 Å². The van der Waals surface area contributed by atoms with E-state index in [4.69, 9.17) is 18.6 Å². The second-order valence-corrected chi connectivity index (χ2v) is 7.45. The normalized spacial score (nSPS) is 11.9. The van der Waals surface area contributed by atoms with E-state index in [1.807, 2.05) is 48.7 Å². The number of carbonyl (C=O) groups excluding carboxylic acids is 1. The molecule has 0 aliphatic carbocycles. The fraction of sp³-hybridized carbons (Fsp3) is 0.273. The Bertz CT molecular complexity index is 1300. The van der Waals surface area contributed by atoms with Crippen LogP contribution in [0.1, 0.15) is 24.4 Å². The predicted octanol–water partition coefficient (Wildman–Crippen LogP) is 4.63. The molecule has 2 aromatic carbocycles. The molecule has 0 radical (unpaired) electrons. The zero-order chi connectivity index (χ0) is 21.3. The first-order chi connectivity index (χ1) is 14.6. The predicted molar refractivity (Wildman–Crippen MR) is 116 cm³/mol. The summed E-state index contributed by atoms with van der Waals surface area (Å²) in [5.74, 6) is 1.60. The molecule has 0 aliphatic heterocycles. The molecule has 0 spiro atoms. The van der Waals surface area contributed by atoms with Crippen molar-refractivity contribution in [3.05, 3.63) is 47.0 Å². The molecule has 156 valence electrons. The van der Waals surface area contributed by atoms with Crippen molar-refractivity contribution in [3.63, 3.8) is 0 Å². The Morgan fingerprint density at radius 2 is 1.87 bits per heavy atom. The third-order valence-electron chi connectivity index (χ3n) is 4.72. The van der Waals surface area contributed by atoms with Crippen molar-refractivity contribution < 1.29 is 23.4 Å². The summed E-state index contributed by atoms with van der Waals surface area (Å²) in [6, 6.07) is 11.0. The molecular formula is C22H22N2O5S. The number of nitrogens with zero attached hydrogens (tertiary/aromatic N) is 2. The lowest BCUT2D eigenvalue weighted by atomic mass is 10.2. The molecule has 0 bridgehead atoms. The summed E-state index contributed by atoms with van der Waals surface area (Å²) >= 11 is 1.41. The monoisotopic (exact) mass is 426 g/mol. The maximum atomic E-state index is 12.9. The maximum absolute atomic E-state index is 12.9. The number of aromatic nitrogens is 1. The number of aryl methyl sites for hydroxylation is 1. The minimum atomic E-state index is -0.443. The topological polar surface area (TPSA) is 75.2 Å². The molecule has 0 saturated carbocycles. The molecule has 2 heterocycles. The zero-order valence-corrected chi connectivity index (χ0v) is 18.0. The van der Waals surface area contributed by atoms with Gasteiger partial charge in [0.15, 0.2) is 33.4 Å². The van der Waals surface area contributed by atoms with Crippen LogP contribution in [0.15, 0.2) is 45.8 Å². The largest absolute Gasteiger partial charge is 0.493 e. The number of para-hydroxylation sites is 1. The number of fused-ring (bicyclic) bond motifs is 2. The van der Waals surface area contributed by atoms with Gasteiger partial charge in [-0.05, 0) is 26.0 Å². The number of ether oxygens (including phenoxy) is 3. The van der Waals surface area contributed by atoms with Crippen LogP contribution in [0.5, 0.6) is 17.2 Å². The average molecular weight is 426 g/mol. The van der Waals surface area contributed by atoms with Gasteiger partial charge in [-0.2, -0.15) is 4.99 Å². The Morgan fingerprint density at radius 1 is 1.10 bits per heavy atom. The van der Waals surface area contributed by atoms with Crippen molar-refractivity contribution >= 4 is 38.4 Å².